The lowest BCUT2D eigenvalue weighted by Gasteiger charge is -2.29. The average Bonchev–Trinajstić information content (AvgIpc) is 2.87. The van der Waals surface area contributed by atoms with Crippen LogP contribution in [0.5, 0.6) is 0 Å². The van der Waals surface area contributed by atoms with E-state index < -0.39 is 11.8 Å². The molecule has 2 aromatic rings. The summed E-state index contributed by atoms with van der Waals surface area (Å²) < 4.78 is 0. The number of fused-ring (bicyclic) bond motifs is 1. The lowest BCUT2D eigenvalue weighted by Crippen LogP contribution is -2.40. The number of aromatic nitrogens is 2. The van der Waals surface area contributed by atoms with E-state index in [2.05, 4.69) is 36.1 Å². The number of hydrogen-bond acceptors (Lipinski definition) is 4. The highest BCUT2D eigenvalue weighted by molar-refractivity contribution is 6.39. The maximum Gasteiger partial charge on any atom is 0.313 e. The Morgan fingerprint density at radius 1 is 1.08 bits per heavy atom. The molecule has 1 N–H and O–H groups in total. The van der Waals surface area contributed by atoms with E-state index in [0.717, 1.165) is 24.8 Å². The monoisotopic (exact) mass is 354 g/mol. The molecule has 1 saturated heterocycles. The smallest absolute Gasteiger partial charge is 0.313 e. The third-order valence-corrected chi connectivity index (χ3v) is 5.16. The molecular formula is C20H26N4O2. The van der Waals surface area contributed by atoms with E-state index in [1.807, 2.05) is 0 Å². The maximum atomic E-state index is 12.6. The highest BCUT2D eigenvalue weighted by atomic mass is 16.2. The third kappa shape index (κ3) is 4.18. The van der Waals surface area contributed by atoms with Gasteiger partial charge in [-0.15, -0.1) is 0 Å². The minimum atomic E-state index is -0.595. The zero-order valence-corrected chi connectivity index (χ0v) is 15.7. The summed E-state index contributed by atoms with van der Waals surface area (Å²) in [6.07, 6.45) is 6.19. The molecule has 6 heteroatoms. The van der Waals surface area contributed by atoms with Crippen molar-refractivity contribution in [2.24, 2.45) is 11.3 Å². The molecule has 138 valence electrons. The zero-order chi connectivity index (χ0) is 18.7. The van der Waals surface area contributed by atoms with E-state index in [1.165, 1.54) is 0 Å². The van der Waals surface area contributed by atoms with Gasteiger partial charge in [0, 0.05) is 31.2 Å². The molecule has 0 saturated carbocycles. The average molecular weight is 354 g/mol. The molecule has 6 nitrogen and oxygen atoms in total. The van der Waals surface area contributed by atoms with Crippen molar-refractivity contribution in [1.29, 1.82) is 0 Å². The molecule has 0 bridgehead atoms. The Morgan fingerprint density at radius 3 is 2.54 bits per heavy atom. The quantitative estimate of drug-likeness (QED) is 0.798. The summed E-state index contributed by atoms with van der Waals surface area (Å²) in [5.74, 6) is -0.483. The van der Waals surface area contributed by atoms with E-state index in [1.54, 1.807) is 35.5 Å². The Labute approximate surface area is 154 Å². The molecule has 1 aliphatic rings. The molecule has 1 atom stereocenters. The van der Waals surface area contributed by atoms with Gasteiger partial charge < -0.3 is 10.2 Å². The molecule has 1 aliphatic heterocycles. The van der Waals surface area contributed by atoms with Crippen molar-refractivity contribution in [2.45, 2.75) is 40.0 Å². The van der Waals surface area contributed by atoms with Crippen molar-refractivity contribution in [3.63, 3.8) is 0 Å². The largest absolute Gasteiger partial charge is 0.334 e. The van der Waals surface area contributed by atoms with Crippen LogP contribution in [0, 0.1) is 11.3 Å². The Kier molecular flexibility index (Phi) is 5.20. The Balaban J connectivity index is 1.64. The van der Waals surface area contributed by atoms with Crippen molar-refractivity contribution < 1.29 is 9.59 Å². The first kappa shape index (κ1) is 18.3. The van der Waals surface area contributed by atoms with Gasteiger partial charge in [0.25, 0.3) is 0 Å². The summed E-state index contributed by atoms with van der Waals surface area (Å²) in [6.45, 7) is 8.00. The molecule has 1 aromatic carbocycles. The van der Waals surface area contributed by atoms with Gasteiger partial charge >= 0.3 is 11.8 Å². The first-order chi connectivity index (χ1) is 12.3. The highest BCUT2D eigenvalue weighted by Gasteiger charge is 2.30. The number of likely N-dealkylation sites (tertiary alicyclic amines) is 1. The molecule has 26 heavy (non-hydrogen) atoms. The maximum absolute atomic E-state index is 12.6. The van der Waals surface area contributed by atoms with Crippen LogP contribution in [0.15, 0.2) is 30.6 Å². The SMILES string of the molecule is CC(C)(C)C1CCCN(C(=O)C(=O)Nc2ccc3nccnc3c2)CC1. The number of carbonyl (C=O) groups is 2. The molecular weight excluding hydrogens is 328 g/mol. The van der Waals surface area contributed by atoms with Crippen molar-refractivity contribution in [3.8, 4) is 0 Å². The molecule has 1 aromatic heterocycles. The Hall–Kier alpha value is -2.50. The van der Waals surface area contributed by atoms with Gasteiger partial charge in [0.15, 0.2) is 0 Å². The van der Waals surface area contributed by atoms with Crippen molar-refractivity contribution in [2.75, 3.05) is 18.4 Å². The molecule has 1 fully saturated rings. The fourth-order valence-corrected chi connectivity index (χ4v) is 3.53. The first-order valence-corrected chi connectivity index (χ1v) is 9.15. The van der Waals surface area contributed by atoms with Crippen LogP contribution in [-0.4, -0.2) is 39.8 Å². The van der Waals surface area contributed by atoms with E-state index >= 15 is 0 Å². The zero-order valence-electron chi connectivity index (χ0n) is 15.7. The fourth-order valence-electron chi connectivity index (χ4n) is 3.53. The Morgan fingerprint density at radius 2 is 1.81 bits per heavy atom. The summed E-state index contributed by atoms with van der Waals surface area (Å²) in [4.78, 5) is 35.1. The summed E-state index contributed by atoms with van der Waals surface area (Å²) in [5, 5.41) is 2.70. The van der Waals surface area contributed by atoms with E-state index in [-0.39, 0.29) is 5.41 Å². The molecule has 2 heterocycles. The molecule has 2 amide bonds. The number of nitrogens with one attached hydrogen (secondary N) is 1. The molecule has 0 aliphatic carbocycles. The molecule has 3 rings (SSSR count). The second kappa shape index (κ2) is 7.40. The molecule has 0 spiro atoms. The number of carbonyl (C=O) groups excluding carboxylic acids is 2. The number of amides is 2. The normalized spacial score (nSPS) is 18.4. The lowest BCUT2D eigenvalue weighted by molar-refractivity contribution is -0.143. The fraction of sp³-hybridized carbons (Fsp3) is 0.500. The van der Waals surface area contributed by atoms with Crippen LogP contribution in [0.2, 0.25) is 0 Å². The van der Waals surface area contributed by atoms with Crippen LogP contribution < -0.4 is 5.32 Å². The van der Waals surface area contributed by atoms with Crippen LogP contribution in [0.1, 0.15) is 40.0 Å². The van der Waals surface area contributed by atoms with Crippen LogP contribution in [0.4, 0.5) is 5.69 Å². The summed E-state index contributed by atoms with van der Waals surface area (Å²) in [7, 11) is 0. The van der Waals surface area contributed by atoms with E-state index in [0.29, 0.717) is 30.2 Å². The summed E-state index contributed by atoms with van der Waals surface area (Å²) >= 11 is 0. The standard InChI is InChI=1S/C20H26N4O2/c1-20(2,3)14-5-4-11-24(12-8-14)19(26)18(25)23-15-6-7-16-17(13-15)22-10-9-21-16/h6-7,9-10,13-14H,4-5,8,11-12H2,1-3H3,(H,23,25). The highest BCUT2D eigenvalue weighted by Crippen LogP contribution is 2.34. The van der Waals surface area contributed by atoms with Crippen LogP contribution in [-0.2, 0) is 9.59 Å². The second-order valence-electron chi connectivity index (χ2n) is 8.00. The number of rotatable bonds is 1. The van der Waals surface area contributed by atoms with Gasteiger partial charge in [-0.2, -0.15) is 0 Å². The van der Waals surface area contributed by atoms with Crippen molar-refractivity contribution in [3.05, 3.63) is 30.6 Å². The van der Waals surface area contributed by atoms with Gasteiger partial charge in [-0.05, 0) is 48.8 Å². The van der Waals surface area contributed by atoms with Gasteiger partial charge in [0.05, 0.1) is 11.0 Å². The lowest BCUT2D eigenvalue weighted by atomic mass is 9.77. The molecule has 1 unspecified atom stereocenters. The topological polar surface area (TPSA) is 75.2 Å². The van der Waals surface area contributed by atoms with Gasteiger partial charge in [-0.3, -0.25) is 19.6 Å². The Bertz CT molecular complexity index is 813. The predicted octanol–water partition coefficient (Wildman–Crippen LogP) is 3.24. The summed E-state index contributed by atoms with van der Waals surface area (Å²) in [5.41, 5.74) is 2.21. The van der Waals surface area contributed by atoms with Crippen LogP contribution in [0.25, 0.3) is 11.0 Å². The number of benzene rings is 1. The van der Waals surface area contributed by atoms with E-state index in [9.17, 15) is 9.59 Å². The first-order valence-electron chi connectivity index (χ1n) is 9.15. The van der Waals surface area contributed by atoms with Crippen LogP contribution in [0.3, 0.4) is 0 Å². The minimum Gasteiger partial charge on any atom is -0.334 e. The summed E-state index contributed by atoms with van der Waals surface area (Å²) in [6, 6.07) is 5.24. The van der Waals surface area contributed by atoms with Crippen LogP contribution >= 0.6 is 0 Å². The van der Waals surface area contributed by atoms with Gasteiger partial charge in [0.2, 0.25) is 0 Å². The minimum absolute atomic E-state index is 0.230. The number of anilines is 1. The van der Waals surface area contributed by atoms with Gasteiger partial charge in [-0.25, -0.2) is 0 Å². The molecule has 0 radical (unpaired) electrons. The number of hydrogen-bond donors (Lipinski definition) is 1. The predicted molar refractivity (Wildman–Crippen MR) is 102 cm³/mol. The van der Waals surface area contributed by atoms with Gasteiger partial charge in [-0.1, -0.05) is 20.8 Å². The van der Waals surface area contributed by atoms with Crippen molar-refractivity contribution in [1.82, 2.24) is 14.9 Å². The van der Waals surface area contributed by atoms with Crippen molar-refractivity contribution >= 4 is 28.5 Å². The van der Waals surface area contributed by atoms with Gasteiger partial charge in [0.1, 0.15) is 0 Å². The second-order valence-corrected chi connectivity index (χ2v) is 8.00. The van der Waals surface area contributed by atoms with E-state index in [4.69, 9.17) is 0 Å². The third-order valence-electron chi connectivity index (χ3n) is 5.16. The number of nitrogens with zero attached hydrogens (tertiary/aromatic N) is 3.